The highest BCUT2D eigenvalue weighted by Crippen LogP contribution is 2.39. The molecule has 2 aromatic rings. The van der Waals surface area contributed by atoms with Crippen molar-refractivity contribution in [3.8, 4) is 5.75 Å². The van der Waals surface area contributed by atoms with E-state index in [-0.39, 0.29) is 12.1 Å². The minimum Gasteiger partial charge on any atom is -0.410 e. The van der Waals surface area contributed by atoms with Crippen molar-refractivity contribution in [3.63, 3.8) is 0 Å². The average Bonchev–Trinajstić information content (AvgIpc) is 3.08. The van der Waals surface area contributed by atoms with Gasteiger partial charge < -0.3 is 9.64 Å². The lowest BCUT2D eigenvalue weighted by molar-refractivity contribution is 0.161. The fourth-order valence-electron chi connectivity index (χ4n) is 2.81. The van der Waals surface area contributed by atoms with Gasteiger partial charge in [0.1, 0.15) is 5.75 Å². The van der Waals surface area contributed by atoms with Crippen LogP contribution >= 0.6 is 0 Å². The Morgan fingerprint density at radius 2 is 2.00 bits per heavy atom. The van der Waals surface area contributed by atoms with Gasteiger partial charge in [-0.3, -0.25) is 0 Å². The number of para-hydroxylation sites is 1. The molecule has 1 aromatic carbocycles. The zero-order valence-electron chi connectivity index (χ0n) is 12.3. The highest BCUT2D eigenvalue weighted by Gasteiger charge is 2.31. The number of carbonyl (C=O) groups excluding carboxylic acids is 1. The van der Waals surface area contributed by atoms with Crippen LogP contribution in [0.25, 0.3) is 0 Å². The predicted octanol–water partition coefficient (Wildman–Crippen LogP) is 2.60. The molecule has 6 nitrogen and oxygen atoms in total. The molecule has 1 saturated heterocycles. The number of nitrogens with zero attached hydrogens (tertiary/aromatic N) is 4. The van der Waals surface area contributed by atoms with Gasteiger partial charge in [-0.15, -0.1) is 5.10 Å². The van der Waals surface area contributed by atoms with Gasteiger partial charge in [0.25, 0.3) is 0 Å². The lowest BCUT2D eigenvalue weighted by Crippen LogP contribution is -2.31. The van der Waals surface area contributed by atoms with Gasteiger partial charge in [-0.2, -0.15) is 0 Å². The highest BCUT2D eigenvalue weighted by atomic mass is 16.6. The molecule has 0 unspecified atom stereocenters. The molecule has 1 atom stereocenters. The third kappa shape index (κ3) is 2.68. The molecule has 1 aromatic heterocycles. The van der Waals surface area contributed by atoms with Gasteiger partial charge in [-0.05, 0) is 31.4 Å². The van der Waals surface area contributed by atoms with Crippen LogP contribution in [0.1, 0.15) is 36.9 Å². The molecule has 4 rings (SSSR count). The van der Waals surface area contributed by atoms with Gasteiger partial charge in [0.2, 0.25) is 0 Å². The summed E-state index contributed by atoms with van der Waals surface area (Å²) in [4.78, 5) is 13.9. The first-order valence-electron chi connectivity index (χ1n) is 7.73. The van der Waals surface area contributed by atoms with Crippen molar-refractivity contribution in [3.05, 3.63) is 42.2 Å². The van der Waals surface area contributed by atoms with Gasteiger partial charge in [0.15, 0.2) is 0 Å². The van der Waals surface area contributed by atoms with E-state index in [1.165, 1.54) is 12.8 Å². The molecule has 0 bridgehead atoms. The topological polar surface area (TPSA) is 60.2 Å². The first-order valence-corrected chi connectivity index (χ1v) is 7.73. The van der Waals surface area contributed by atoms with Crippen LogP contribution in [0.3, 0.4) is 0 Å². The van der Waals surface area contributed by atoms with E-state index in [1.54, 1.807) is 17.0 Å². The number of aromatic nitrogens is 3. The van der Waals surface area contributed by atoms with Crippen LogP contribution in [0.5, 0.6) is 5.75 Å². The van der Waals surface area contributed by atoms with Gasteiger partial charge in [0.05, 0.1) is 11.7 Å². The Balaban J connectivity index is 1.37. The summed E-state index contributed by atoms with van der Waals surface area (Å²) in [5.74, 6) is 1.18. The SMILES string of the molecule is O=C(Oc1ccccc1)N1CC[C@@H](n2cc(C3CC3)nn2)C1. The molecule has 1 aliphatic carbocycles. The molecule has 1 aliphatic heterocycles. The first kappa shape index (κ1) is 13.3. The summed E-state index contributed by atoms with van der Waals surface area (Å²) < 4.78 is 7.28. The lowest BCUT2D eigenvalue weighted by Gasteiger charge is -2.16. The van der Waals surface area contributed by atoms with E-state index in [4.69, 9.17) is 4.74 Å². The maximum absolute atomic E-state index is 12.2. The number of rotatable bonds is 3. The van der Waals surface area contributed by atoms with E-state index in [9.17, 15) is 4.79 Å². The second kappa shape index (κ2) is 5.44. The normalized spacial score (nSPS) is 21.1. The van der Waals surface area contributed by atoms with Crippen LogP contribution in [0.4, 0.5) is 4.79 Å². The molecule has 2 fully saturated rings. The van der Waals surface area contributed by atoms with E-state index in [0.717, 1.165) is 12.1 Å². The Kier molecular flexibility index (Phi) is 3.29. The second-order valence-electron chi connectivity index (χ2n) is 5.97. The molecule has 6 heteroatoms. The molecule has 0 N–H and O–H groups in total. The summed E-state index contributed by atoms with van der Waals surface area (Å²) >= 11 is 0. The van der Waals surface area contributed by atoms with Crippen molar-refractivity contribution in [2.45, 2.75) is 31.2 Å². The highest BCUT2D eigenvalue weighted by molar-refractivity contribution is 5.71. The van der Waals surface area contributed by atoms with Gasteiger partial charge in [0, 0.05) is 25.2 Å². The van der Waals surface area contributed by atoms with Crippen molar-refractivity contribution in [2.24, 2.45) is 0 Å². The largest absolute Gasteiger partial charge is 0.415 e. The first-order chi connectivity index (χ1) is 10.8. The number of hydrogen-bond donors (Lipinski definition) is 0. The Hall–Kier alpha value is -2.37. The molecule has 0 radical (unpaired) electrons. The van der Waals surface area contributed by atoms with Crippen LogP contribution in [0.2, 0.25) is 0 Å². The third-order valence-electron chi connectivity index (χ3n) is 4.27. The van der Waals surface area contributed by atoms with Crippen molar-refractivity contribution < 1.29 is 9.53 Å². The summed E-state index contributed by atoms with van der Waals surface area (Å²) in [6.45, 7) is 1.31. The smallest absolute Gasteiger partial charge is 0.410 e. The van der Waals surface area contributed by atoms with Gasteiger partial charge in [-0.1, -0.05) is 23.4 Å². The maximum atomic E-state index is 12.2. The maximum Gasteiger partial charge on any atom is 0.415 e. The van der Waals surface area contributed by atoms with Crippen LogP contribution in [-0.2, 0) is 0 Å². The van der Waals surface area contributed by atoms with Crippen molar-refractivity contribution in [2.75, 3.05) is 13.1 Å². The molecular weight excluding hydrogens is 280 g/mol. The van der Waals surface area contributed by atoms with E-state index in [2.05, 4.69) is 10.3 Å². The van der Waals surface area contributed by atoms with Crippen LogP contribution in [-0.4, -0.2) is 39.1 Å². The minimum absolute atomic E-state index is 0.198. The fraction of sp³-hybridized carbons (Fsp3) is 0.438. The van der Waals surface area contributed by atoms with Gasteiger partial charge in [-0.25, -0.2) is 9.48 Å². The number of benzene rings is 1. The van der Waals surface area contributed by atoms with E-state index < -0.39 is 0 Å². The van der Waals surface area contributed by atoms with E-state index in [1.807, 2.05) is 29.1 Å². The van der Waals surface area contributed by atoms with E-state index >= 15 is 0 Å². The molecule has 1 amide bonds. The molecule has 22 heavy (non-hydrogen) atoms. The van der Waals surface area contributed by atoms with Crippen LogP contribution < -0.4 is 4.74 Å². The number of carbonyl (C=O) groups is 1. The van der Waals surface area contributed by atoms with Crippen molar-refractivity contribution in [1.82, 2.24) is 19.9 Å². The Morgan fingerprint density at radius 3 is 2.77 bits per heavy atom. The summed E-state index contributed by atoms with van der Waals surface area (Å²) in [5.41, 5.74) is 1.09. The quantitative estimate of drug-likeness (QED) is 0.874. The second-order valence-corrected chi connectivity index (χ2v) is 5.97. The van der Waals surface area contributed by atoms with Crippen LogP contribution in [0.15, 0.2) is 36.5 Å². The van der Waals surface area contributed by atoms with Gasteiger partial charge >= 0.3 is 6.09 Å². The summed E-state index contributed by atoms with van der Waals surface area (Å²) in [6, 6.07) is 9.36. The van der Waals surface area contributed by atoms with Crippen molar-refractivity contribution in [1.29, 1.82) is 0 Å². The molecule has 2 heterocycles. The third-order valence-corrected chi connectivity index (χ3v) is 4.27. The molecular formula is C16H18N4O2. The summed E-state index contributed by atoms with van der Waals surface area (Å²) in [7, 11) is 0. The molecule has 2 aliphatic rings. The Labute approximate surface area is 128 Å². The standard InChI is InChI=1S/C16H18N4O2/c21-16(22-14-4-2-1-3-5-14)19-9-8-13(10-19)20-11-15(17-18-20)12-6-7-12/h1-5,11-13H,6-10H2/t13-/m1/s1. The molecule has 0 spiro atoms. The number of ether oxygens (including phenoxy) is 1. The monoisotopic (exact) mass is 298 g/mol. The molecule has 114 valence electrons. The summed E-state index contributed by atoms with van der Waals surface area (Å²) in [6.07, 6.45) is 5.07. The number of amides is 1. The van der Waals surface area contributed by atoms with Crippen LogP contribution in [0, 0.1) is 0 Å². The zero-order chi connectivity index (χ0) is 14.9. The zero-order valence-corrected chi connectivity index (χ0v) is 12.3. The Bertz CT molecular complexity index is 666. The number of likely N-dealkylation sites (tertiary alicyclic amines) is 1. The molecule has 1 saturated carbocycles. The van der Waals surface area contributed by atoms with E-state index in [0.29, 0.717) is 24.8 Å². The minimum atomic E-state index is -0.295. The fourth-order valence-corrected chi connectivity index (χ4v) is 2.81. The Morgan fingerprint density at radius 1 is 1.18 bits per heavy atom. The summed E-state index contributed by atoms with van der Waals surface area (Å²) in [5, 5.41) is 8.46. The van der Waals surface area contributed by atoms with Crippen molar-refractivity contribution >= 4 is 6.09 Å². The average molecular weight is 298 g/mol. The predicted molar refractivity (Wildman–Crippen MR) is 79.7 cm³/mol. The number of hydrogen-bond acceptors (Lipinski definition) is 4. The lowest BCUT2D eigenvalue weighted by atomic mass is 10.2.